The van der Waals surface area contributed by atoms with Crippen molar-refractivity contribution in [2.45, 2.75) is 58.9 Å². The first-order valence-corrected chi connectivity index (χ1v) is 11.3. The van der Waals surface area contributed by atoms with Crippen molar-refractivity contribution >= 4 is 29.3 Å². The van der Waals surface area contributed by atoms with Gasteiger partial charge in [0, 0.05) is 18.4 Å². The van der Waals surface area contributed by atoms with Gasteiger partial charge in [0.05, 0.1) is 11.3 Å². The van der Waals surface area contributed by atoms with Crippen molar-refractivity contribution in [3.8, 4) is 0 Å². The summed E-state index contributed by atoms with van der Waals surface area (Å²) in [5.41, 5.74) is 1.78. The van der Waals surface area contributed by atoms with E-state index in [1.807, 2.05) is 0 Å². The largest absolute Gasteiger partial charge is 0.480 e. The smallest absolute Gasteiger partial charge is 0.326 e. The minimum absolute atomic E-state index is 0.0169. The van der Waals surface area contributed by atoms with Gasteiger partial charge in [-0.1, -0.05) is 19.3 Å². The van der Waals surface area contributed by atoms with Crippen LogP contribution in [0, 0.1) is 32.5 Å². The molecule has 0 aliphatic heterocycles. The number of aromatic nitrogens is 1. The molecule has 3 rings (SSSR count). The van der Waals surface area contributed by atoms with Gasteiger partial charge in [-0.2, -0.15) is 0 Å². The third-order valence-corrected chi connectivity index (χ3v) is 6.67. The van der Waals surface area contributed by atoms with E-state index in [0.29, 0.717) is 35.3 Å². The second-order valence-electron chi connectivity index (χ2n) is 8.93. The maximum absolute atomic E-state index is 13.5. The van der Waals surface area contributed by atoms with Gasteiger partial charge in [-0.15, -0.1) is 0 Å². The van der Waals surface area contributed by atoms with E-state index < -0.39 is 35.4 Å². The number of halogens is 1. The number of anilines is 1. The van der Waals surface area contributed by atoms with Gasteiger partial charge >= 0.3 is 5.97 Å². The average molecular weight is 472 g/mol. The van der Waals surface area contributed by atoms with Gasteiger partial charge < -0.3 is 20.3 Å². The summed E-state index contributed by atoms with van der Waals surface area (Å²) in [5.74, 6) is -4.19. The number of Topliss-reactive ketones (excluding diaryl/α,β-unsaturated/α-hetero) is 1. The fraction of sp³-hybridized carbons (Fsp3) is 0.440. The van der Waals surface area contributed by atoms with E-state index in [0.717, 1.165) is 19.3 Å². The third-order valence-electron chi connectivity index (χ3n) is 6.67. The lowest BCUT2D eigenvalue weighted by Crippen LogP contribution is -2.49. The normalized spacial score (nSPS) is 15.0. The molecule has 0 radical (unpaired) electrons. The number of carboxylic acids is 1. The van der Waals surface area contributed by atoms with E-state index in [1.165, 1.54) is 22.8 Å². The van der Waals surface area contributed by atoms with Crippen LogP contribution >= 0.6 is 0 Å². The maximum atomic E-state index is 13.5. The van der Waals surface area contributed by atoms with Crippen molar-refractivity contribution in [1.29, 1.82) is 0 Å². The number of aliphatic carboxylic acids is 1. The van der Waals surface area contributed by atoms with E-state index in [1.54, 1.807) is 27.8 Å². The van der Waals surface area contributed by atoms with Gasteiger partial charge in [-0.3, -0.25) is 14.4 Å². The molecule has 3 N–H and O–H groups in total. The zero-order valence-electron chi connectivity index (χ0n) is 19.8. The van der Waals surface area contributed by atoms with Crippen molar-refractivity contribution in [2.75, 3.05) is 5.32 Å². The van der Waals surface area contributed by atoms with Gasteiger partial charge in [-0.25, -0.2) is 9.18 Å². The Labute approximate surface area is 197 Å². The summed E-state index contributed by atoms with van der Waals surface area (Å²) in [6.45, 7) is 4.79. The molecule has 1 aromatic heterocycles. The second kappa shape index (κ2) is 10.2. The minimum Gasteiger partial charge on any atom is -0.480 e. The lowest BCUT2D eigenvalue weighted by Gasteiger charge is -2.27. The Balaban J connectivity index is 1.83. The molecule has 34 heavy (non-hydrogen) atoms. The van der Waals surface area contributed by atoms with Gasteiger partial charge in [0.2, 0.25) is 0 Å². The lowest BCUT2D eigenvalue weighted by molar-refractivity contribution is -0.143. The molecule has 1 fully saturated rings. The average Bonchev–Trinajstić information content (AvgIpc) is 3.02. The van der Waals surface area contributed by atoms with E-state index >= 15 is 0 Å². The van der Waals surface area contributed by atoms with Gasteiger partial charge in [-0.05, 0) is 68.9 Å². The molecule has 1 heterocycles. The van der Waals surface area contributed by atoms with Crippen LogP contribution in [0.15, 0.2) is 18.2 Å². The minimum atomic E-state index is -1.16. The van der Waals surface area contributed by atoms with Crippen molar-refractivity contribution < 1.29 is 28.7 Å². The van der Waals surface area contributed by atoms with Crippen LogP contribution in [0.5, 0.6) is 0 Å². The Morgan fingerprint density at radius 1 is 1.09 bits per heavy atom. The van der Waals surface area contributed by atoms with Crippen LogP contribution in [-0.2, 0) is 16.6 Å². The number of amides is 2. The highest BCUT2D eigenvalue weighted by atomic mass is 19.1. The number of nitrogens with one attached hydrogen (secondary N) is 2. The molecule has 1 atom stereocenters. The predicted molar refractivity (Wildman–Crippen MR) is 124 cm³/mol. The molecule has 0 bridgehead atoms. The highest BCUT2D eigenvalue weighted by Crippen LogP contribution is 2.27. The van der Waals surface area contributed by atoms with Crippen molar-refractivity contribution in [3.05, 3.63) is 52.1 Å². The number of hydrogen-bond donors (Lipinski definition) is 3. The molecule has 1 aliphatic rings. The standard InChI is InChI=1S/C25H30FN3O5/c1-13-12-17(10-11-18(13)26)27-23(31)19-14(2)21(29(4)15(19)3)22(30)24(32)28-20(25(33)34)16-8-6-5-7-9-16/h10-12,16,20H,5-9H2,1-4H3,(H,27,31)(H,28,32)(H,33,34)/t20-/m1/s1. The second-order valence-corrected chi connectivity index (χ2v) is 8.93. The summed E-state index contributed by atoms with van der Waals surface area (Å²) in [7, 11) is 1.57. The Morgan fingerprint density at radius 2 is 1.74 bits per heavy atom. The Bertz CT molecular complexity index is 1150. The number of benzene rings is 1. The summed E-state index contributed by atoms with van der Waals surface area (Å²) < 4.78 is 15.0. The Morgan fingerprint density at radius 3 is 2.32 bits per heavy atom. The first-order chi connectivity index (χ1) is 16.0. The monoisotopic (exact) mass is 471 g/mol. The number of aryl methyl sites for hydroxylation is 1. The molecule has 0 saturated heterocycles. The van der Waals surface area contributed by atoms with Crippen LogP contribution < -0.4 is 10.6 Å². The Hall–Kier alpha value is -3.49. The molecule has 0 unspecified atom stereocenters. The van der Waals surface area contributed by atoms with Crippen LogP contribution in [0.1, 0.15) is 69.8 Å². The van der Waals surface area contributed by atoms with Crippen molar-refractivity contribution in [1.82, 2.24) is 9.88 Å². The van der Waals surface area contributed by atoms with Gasteiger partial charge in [0.15, 0.2) is 0 Å². The van der Waals surface area contributed by atoms with E-state index in [2.05, 4.69) is 10.6 Å². The molecular formula is C25H30FN3O5. The molecule has 9 heteroatoms. The molecule has 2 amide bonds. The number of carboxylic acid groups (broad SMARTS) is 1. The quantitative estimate of drug-likeness (QED) is 0.421. The van der Waals surface area contributed by atoms with E-state index in [-0.39, 0.29) is 17.2 Å². The summed E-state index contributed by atoms with van der Waals surface area (Å²) in [6.07, 6.45) is 4.17. The molecule has 1 aromatic carbocycles. The van der Waals surface area contributed by atoms with Crippen LogP contribution in [0.3, 0.4) is 0 Å². The molecule has 2 aromatic rings. The number of carbonyl (C=O) groups excluding carboxylic acids is 3. The highest BCUT2D eigenvalue weighted by Gasteiger charge is 2.34. The summed E-state index contributed by atoms with van der Waals surface area (Å²) in [6, 6.07) is 3.05. The van der Waals surface area contributed by atoms with E-state index in [4.69, 9.17) is 0 Å². The zero-order chi connectivity index (χ0) is 25.2. The van der Waals surface area contributed by atoms with Gasteiger partial charge in [0.25, 0.3) is 17.6 Å². The number of carbonyl (C=O) groups is 4. The van der Waals surface area contributed by atoms with Crippen LogP contribution in [-0.4, -0.2) is 39.3 Å². The number of nitrogens with zero attached hydrogens (tertiary/aromatic N) is 1. The van der Waals surface area contributed by atoms with Crippen LogP contribution in [0.25, 0.3) is 0 Å². The maximum Gasteiger partial charge on any atom is 0.326 e. The molecule has 182 valence electrons. The molecule has 0 spiro atoms. The molecular weight excluding hydrogens is 441 g/mol. The first kappa shape index (κ1) is 25.1. The first-order valence-electron chi connectivity index (χ1n) is 11.3. The fourth-order valence-electron chi connectivity index (χ4n) is 4.71. The number of ketones is 1. The van der Waals surface area contributed by atoms with E-state index in [9.17, 15) is 28.7 Å². The van der Waals surface area contributed by atoms with Crippen molar-refractivity contribution in [2.24, 2.45) is 13.0 Å². The summed E-state index contributed by atoms with van der Waals surface area (Å²) in [5, 5.41) is 14.7. The van der Waals surface area contributed by atoms with Gasteiger partial charge in [0.1, 0.15) is 11.9 Å². The number of hydrogen-bond acceptors (Lipinski definition) is 4. The third kappa shape index (κ3) is 5.03. The predicted octanol–water partition coefficient (Wildman–Crippen LogP) is 3.67. The topological polar surface area (TPSA) is 118 Å². The number of rotatable bonds is 7. The molecule has 1 aliphatic carbocycles. The Kier molecular flexibility index (Phi) is 7.54. The lowest BCUT2D eigenvalue weighted by atomic mass is 9.84. The SMILES string of the molecule is Cc1cc(NC(=O)c2c(C)c(C(=O)C(=O)N[C@@H](C(=O)O)C3CCCCC3)n(C)c2C)ccc1F. The fourth-order valence-corrected chi connectivity index (χ4v) is 4.71. The molecule has 1 saturated carbocycles. The van der Waals surface area contributed by atoms with Crippen LogP contribution in [0.2, 0.25) is 0 Å². The zero-order valence-corrected chi connectivity index (χ0v) is 19.8. The highest BCUT2D eigenvalue weighted by molar-refractivity contribution is 6.43. The van der Waals surface area contributed by atoms with Crippen molar-refractivity contribution in [3.63, 3.8) is 0 Å². The molecule has 8 nitrogen and oxygen atoms in total. The summed E-state index contributed by atoms with van der Waals surface area (Å²) in [4.78, 5) is 50.6. The van der Waals surface area contributed by atoms with Crippen LogP contribution in [0.4, 0.5) is 10.1 Å². The summed E-state index contributed by atoms with van der Waals surface area (Å²) >= 11 is 0.